The number of alkyl halides is 6. The number of aliphatic imine (C=N–C) groups is 1. The lowest BCUT2D eigenvalue weighted by atomic mass is 9.88. The molecule has 0 bridgehead atoms. The number of nitrogens with one attached hydrogen (secondary N) is 1. The number of hydrogen-bond donors (Lipinski definition) is 1. The van der Waals surface area contributed by atoms with Crippen LogP contribution in [0.1, 0.15) is 34.1 Å². The van der Waals surface area contributed by atoms with Crippen LogP contribution in [0.25, 0.3) is 0 Å². The molecule has 16 nitrogen and oxygen atoms in total. The van der Waals surface area contributed by atoms with Gasteiger partial charge in [-0.1, -0.05) is 53.0 Å². The van der Waals surface area contributed by atoms with Crippen molar-refractivity contribution in [3.05, 3.63) is 30.3 Å². The zero-order valence-electron chi connectivity index (χ0n) is 27.3. The van der Waals surface area contributed by atoms with Crippen LogP contribution in [0.15, 0.2) is 35.3 Å². The first-order valence-corrected chi connectivity index (χ1v) is 15.5. The molecule has 1 amide bonds. The summed E-state index contributed by atoms with van der Waals surface area (Å²) in [7, 11) is 0.749. The maximum absolute atomic E-state index is 14.5. The van der Waals surface area contributed by atoms with E-state index in [1.807, 2.05) is 0 Å². The minimum absolute atomic E-state index is 0.293. The highest BCUT2D eigenvalue weighted by Crippen LogP contribution is 2.39. The van der Waals surface area contributed by atoms with Crippen molar-refractivity contribution >= 4 is 82.3 Å². The zero-order chi connectivity index (χ0) is 38.7. The molecule has 1 aromatic rings. The summed E-state index contributed by atoms with van der Waals surface area (Å²) < 4.78 is 82.8. The molecular formula is C29H32Cl3F3N2O14. The molecule has 1 saturated heterocycles. The molecule has 2 unspecified atom stereocenters. The largest absolute Gasteiger partial charge is 0.468 e. The van der Waals surface area contributed by atoms with Crippen LogP contribution < -0.4 is 5.32 Å². The molecule has 22 heteroatoms. The van der Waals surface area contributed by atoms with Gasteiger partial charge in [-0.05, 0) is 12.1 Å². The Hall–Kier alpha value is -4.07. The van der Waals surface area contributed by atoms with E-state index in [-0.39, 0.29) is 5.69 Å². The number of hydrogen-bond acceptors (Lipinski definition) is 15. The van der Waals surface area contributed by atoms with Gasteiger partial charge in [0.05, 0.1) is 25.3 Å². The van der Waals surface area contributed by atoms with E-state index in [2.05, 4.69) is 10.3 Å². The molecule has 0 spiro atoms. The molecule has 1 N–H and O–H groups in total. The first kappa shape index (κ1) is 43.1. The van der Waals surface area contributed by atoms with E-state index >= 15 is 0 Å². The van der Waals surface area contributed by atoms with Crippen LogP contribution >= 0.6 is 34.8 Å². The quantitative estimate of drug-likeness (QED) is 0.105. The minimum Gasteiger partial charge on any atom is -0.464 e. The molecule has 0 saturated carbocycles. The fourth-order valence-electron chi connectivity index (χ4n) is 4.51. The zero-order valence-corrected chi connectivity index (χ0v) is 29.6. The van der Waals surface area contributed by atoms with Crippen LogP contribution in [-0.2, 0) is 61.9 Å². The van der Waals surface area contributed by atoms with Crippen molar-refractivity contribution in [1.82, 2.24) is 5.32 Å². The number of rotatable bonds is 12. The Morgan fingerprint density at radius 2 is 1.55 bits per heavy atom. The molecule has 0 aromatic heterocycles. The lowest BCUT2D eigenvalue weighted by Gasteiger charge is -2.48. The number of carbonyl (C=O) groups is 6. The summed E-state index contributed by atoms with van der Waals surface area (Å²) in [6.45, 7) is 1.84. The van der Waals surface area contributed by atoms with Gasteiger partial charge in [0.25, 0.3) is 0 Å². The molecule has 6 atom stereocenters. The fraction of sp³-hybridized carbons (Fsp3) is 0.552. The molecule has 1 heterocycles. The maximum atomic E-state index is 14.5. The van der Waals surface area contributed by atoms with Crippen LogP contribution in [0.5, 0.6) is 0 Å². The monoisotopic (exact) mass is 794 g/mol. The molecule has 0 radical (unpaired) electrons. The van der Waals surface area contributed by atoms with Gasteiger partial charge in [0.15, 0.2) is 12.2 Å². The number of nitrogens with zero attached hydrogens (tertiary/aromatic N) is 1. The molecule has 1 aliphatic rings. The van der Waals surface area contributed by atoms with E-state index in [0.29, 0.717) is 0 Å². The summed E-state index contributed by atoms with van der Waals surface area (Å²) in [4.78, 5) is 78.5. The highest BCUT2D eigenvalue weighted by atomic mass is 35.6. The third-order valence-electron chi connectivity index (χ3n) is 6.27. The molecular weight excluding hydrogens is 764 g/mol. The second-order valence-corrected chi connectivity index (χ2v) is 12.9. The van der Waals surface area contributed by atoms with E-state index in [4.69, 9.17) is 72.7 Å². The van der Waals surface area contributed by atoms with E-state index in [1.54, 1.807) is 0 Å². The van der Waals surface area contributed by atoms with Crippen LogP contribution in [0.2, 0.25) is 0 Å². The van der Waals surface area contributed by atoms with Crippen molar-refractivity contribution in [3.8, 4) is 0 Å². The Morgan fingerprint density at radius 1 is 0.941 bits per heavy atom. The highest BCUT2D eigenvalue weighted by Gasteiger charge is 2.62. The number of halogens is 6. The van der Waals surface area contributed by atoms with Gasteiger partial charge >= 0.3 is 53.8 Å². The fourth-order valence-corrected chi connectivity index (χ4v) is 4.68. The number of alkyl carbamates (subject to hydrolysis) is 1. The van der Waals surface area contributed by atoms with Crippen LogP contribution in [0, 0.1) is 0 Å². The summed E-state index contributed by atoms with van der Waals surface area (Å²) in [5.74, 6) is -11.3. The summed E-state index contributed by atoms with van der Waals surface area (Å²) in [5.41, 5.74) is -0.293. The van der Waals surface area contributed by atoms with Crippen molar-refractivity contribution in [2.45, 2.75) is 80.3 Å². The van der Waals surface area contributed by atoms with Crippen LogP contribution in [0.4, 0.5) is 23.7 Å². The smallest absolute Gasteiger partial charge is 0.464 e. The summed E-state index contributed by atoms with van der Waals surface area (Å²) >= 11 is 16.9. The predicted molar refractivity (Wildman–Crippen MR) is 167 cm³/mol. The van der Waals surface area contributed by atoms with Crippen molar-refractivity contribution in [2.75, 3.05) is 20.3 Å². The third kappa shape index (κ3) is 13.9. The van der Waals surface area contributed by atoms with Gasteiger partial charge in [0.2, 0.25) is 3.79 Å². The Bertz CT molecular complexity index is 1460. The van der Waals surface area contributed by atoms with Gasteiger partial charge in [-0.25, -0.2) is 14.6 Å². The Balaban J connectivity index is 2.92. The number of carbonyl (C=O) groups excluding carboxylic acids is 6. The molecule has 284 valence electrons. The molecule has 1 aromatic carbocycles. The number of methoxy groups -OCH3 is 1. The molecule has 2 rings (SSSR count). The molecule has 0 aliphatic carbocycles. The van der Waals surface area contributed by atoms with Gasteiger partial charge in [-0.15, -0.1) is 0 Å². The number of esters is 5. The van der Waals surface area contributed by atoms with Gasteiger partial charge < -0.3 is 43.2 Å². The van der Waals surface area contributed by atoms with Gasteiger partial charge in [-0.3, -0.25) is 19.2 Å². The molecule has 1 aliphatic heterocycles. The predicted octanol–water partition coefficient (Wildman–Crippen LogP) is 3.78. The number of para-hydroxylation sites is 1. The van der Waals surface area contributed by atoms with E-state index in [9.17, 15) is 41.9 Å². The van der Waals surface area contributed by atoms with Crippen molar-refractivity contribution < 1.29 is 79.8 Å². The lowest BCUT2D eigenvalue weighted by molar-refractivity contribution is -0.297. The summed E-state index contributed by atoms with van der Waals surface area (Å²) in [6.07, 6.45) is -16.1. The normalized spacial score (nSPS) is 21.9. The number of amides is 1. The SMILES string of the molecule is COC(=O)[C@@]1(OC(=Nc2ccccc2)C(F)(F)F)CC(OC(C)=O)[C@@H](NC(=O)OCC(Cl)(Cl)Cl)C([C@H](OC(C)=O)[C@@H](COC(C)=O)OC(C)=O)O1. The first-order chi connectivity index (χ1) is 23.6. The standard InChI is InChI=1S/C29H32Cl3F3N2O14/c1-14(38)45-12-20(48-16(3)40)22(49-17(4)41)23-21(37-26(43)46-13-28(30,31)32)19(47-15(2)39)11-27(50-23,25(42)44-5)51-24(29(33,34)35)36-18-9-7-6-8-10-18/h6-10,19-23H,11-13H2,1-5H3,(H,37,43)/t19?,20-,21-,22-,23?,27+/m1/s1. The van der Waals surface area contributed by atoms with E-state index in [0.717, 1.165) is 34.8 Å². The van der Waals surface area contributed by atoms with Crippen molar-refractivity contribution in [3.63, 3.8) is 0 Å². The summed E-state index contributed by atoms with van der Waals surface area (Å²) in [5, 5.41) is 2.20. The topological polar surface area (TPSA) is 201 Å². The number of ether oxygens (including phenoxy) is 8. The van der Waals surface area contributed by atoms with Gasteiger partial charge in [-0.2, -0.15) is 13.2 Å². The molecule has 51 heavy (non-hydrogen) atoms. The summed E-state index contributed by atoms with van der Waals surface area (Å²) in [6, 6.07) is 4.66. The minimum atomic E-state index is -5.42. The number of benzene rings is 1. The maximum Gasteiger partial charge on any atom is 0.468 e. The van der Waals surface area contributed by atoms with Crippen molar-refractivity contribution in [1.29, 1.82) is 0 Å². The average molecular weight is 796 g/mol. The Kier molecular flexibility index (Phi) is 15.6. The lowest BCUT2D eigenvalue weighted by Crippen LogP contribution is -2.70. The van der Waals surface area contributed by atoms with Crippen LogP contribution in [0.3, 0.4) is 0 Å². The van der Waals surface area contributed by atoms with Crippen LogP contribution in [-0.4, -0.2) is 108 Å². The first-order valence-electron chi connectivity index (χ1n) is 14.4. The second kappa shape index (κ2) is 18.4. The van der Waals surface area contributed by atoms with Gasteiger partial charge in [0.1, 0.15) is 25.4 Å². The molecule has 1 fully saturated rings. The Labute approximate surface area is 303 Å². The third-order valence-corrected chi connectivity index (χ3v) is 6.59. The van der Waals surface area contributed by atoms with E-state index < -0.39 is 108 Å². The van der Waals surface area contributed by atoms with E-state index in [1.165, 1.54) is 30.3 Å². The van der Waals surface area contributed by atoms with Gasteiger partial charge in [0, 0.05) is 27.7 Å². The highest BCUT2D eigenvalue weighted by molar-refractivity contribution is 6.67. The second-order valence-electron chi connectivity index (χ2n) is 10.4. The average Bonchev–Trinajstić information content (AvgIpc) is 3.00. The van der Waals surface area contributed by atoms with Crippen molar-refractivity contribution in [2.24, 2.45) is 4.99 Å². The Morgan fingerprint density at radius 3 is 2.04 bits per heavy atom.